The molecule has 1 aromatic heterocycles. The molecule has 0 bridgehead atoms. The number of hydrogen-bond donors (Lipinski definition) is 1. The number of carbonyl (C=O) groups excluding carboxylic acids is 1. The Hall–Kier alpha value is -1.62. The largest absolute Gasteiger partial charge is 0.337 e. The molecule has 1 aliphatic heterocycles. The van der Waals surface area contributed by atoms with E-state index in [1.54, 1.807) is 0 Å². The van der Waals surface area contributed by atoms with Gasteiger partial charge in [-0.25, -0.2) is 0 Å². The Morgan fingerprint density at radius 2 is 2.08 bits per heavy atom. The Kier molecular flexibility index (Phi) is 4.44. The molecule has 2 aliphatic carbocycles. The van der Waals surface area contributed by atoms with Gasteiger partial charge >= 0.3 is 0 Å². The molecule has 0 aromatic carbocycles. The Morgan fingerprint density at radius 3 is 2.79 bits per heavy atom. The second-order valence-corrected chi connectivity index (χ2v) is 7.54. The first-order valence-corrected chi connectivity index (χ1v) is 9.48. The number of carbonyl (C=O) groups is 1. The van der Waals surface area contributed by atoms with Gasteiger partial charge in [-0.2, -0.15) is 5.10 Å². The lowest BCUT2D eigenvalue weighted by Gasteiger charge is -2.25. The summed E-state index contributed by atoms with van der Waals surface area (Å²) in [7, 11) is 0. The molecule has 2 heterocycles. The van der Waals surface area contributed by atoms with Crippen LogP contribution in [0.4, 0.5) is 0 Å². The molecule has 1 saturated heterocycles. The molecule has 24 heavy (non-hydrogen) atoms. The van der Waals surface area contributed by atoms with E-state index in [4.69, 9.17) is 5.10 Å². The number of nitrogens with one attached hydrogen (secondary N) is 1. The van der Waals surface area contributed by atoms with Crippen LogP contribution in [-0.4, -0.2) is 46.3 Å². The predicted octanol–water partition coefficient (Wildman–Crippen LogP) is 2.16. The van der Waals surface area contributed by atoms with Crippen LogP contribution in [0, 0.1) is 5.92 Å². The molecule has 2 fully saturated rings. The van der Waals surface area contributed by atoms with Crippen molar-refractivity contribution in [3.05, 3.63) is 29.6 Å². The van der Waals surface area contributed by atoms with E-state index in [0.29, 0.717) is 18.3 Å². The van der Waals surface area contributed by atoms with Gasteiger partial charge in [-0.1, -0.05) is 6.08 Å². The Bertz CT molecular complexity index is 626. The first-order chi connectivity index (χ1) is 11.8. The van der Waals surface area contributed by atoms with E-state index in [9.17, 15) is 4.79 Å². The fourth-order valence-corrected chi connectivity index (χ4v) is 4.03. The van der Waals surface area contributed by atoms with Gasteiger partial charge in [-0.15, -0.1) is 6.58 Å². The van der Waals surface area contributed by atoms with E-state index in [0.717, 1.165) is 57.7 Å². The number of nitrogens with zero attached hydrogens (tertiary/aromatic N) is 3. The second-order valence-electron chi connectivity index (χ2n) is 7.54. The first-order valence-electron chi connectivity index (χ1n) is 9.48. The third-order valence-corrected chi connectivity index (χ3v) is 5.64. The van der Waals surface area contributed by atoms with Crippen molar-refractivity contribution >= 4 is 5.91 Å². The lowest BCUT2D eigenvalue weighted by atomic mass is 9.91. The van der Waals surface area contributed by atoms with Crippen molar-refractivity contribution in [2.24, 2.45) is 5.92 Å². The van der Waals surface area contributed by atoms with E-state index >= 15 is 0 Å². The fourth-order valence-electron chi connectivity index (χ4n) is 4.03. The third kappa shape index (κ3) is 3.14. The molecule has 5 nitrogen and oxygen atoms in total. The van der Waals surface area contributed by atoms with Crippen molar-refractivity contribution in [2.45, 2.75) is 57.5 Å². The lowest BCUT2D eigenvalue weighted by molar-refractivity contribution is 0.0785. The molecule has 3 aliphatic rings. The van der Waals surface area contributed by atoms with Crippen molar-refractivity contribution in [2.75, 3.05) is 19.6 Å². The Labute approximate surface area is 144 Å². The highest BCUT2D eigenvalue weighted by Crippen LogP contribution is 2.30. The molecule has 0 spiro atoms. The molecule has 5 heteroatoms. The quantitative estimate of drug-likeness (QED) is 0.814. The smallest absolute Gasteiger partial charge is 0.274 e. The van der Waals surface area contributed by atoms with Crippen molar-refractivity contribution < 1.29 is 4.79 Å². The molecular formula is C19H28N4O. The normalized spacial score (nSPS) is 23.3. The van der Waals surface area contributed by atoms with Crippen LogP contribution in [0.2, 0.25) is 0 Å². The van der Waals surface area contributed by atoms with Crippen molar-refractivity contribution in [3.63, 3.8) is 0 Å². The van der Waals surface area contributed by atoms with Crippen LogP contribution >= 0.6 is 0 Å². The van der Waals surface area contributed by atoms with Gasteiger partial charge in [0.15, 0.2) is 5.69 Å². The molecule has 1 atom stereocenters. The molecular weight excluding hydrogens is 300 g/mol. The summed E-state index contributed by atoms with van der Waals surface area (Å²) in [5.41, 5.74) is 3.14. The highest BCUT2D eigenvalue weighted by atomic mass is 16.2. The zero-order valence-corrected chi connectivity index (χ0v) is 14.5. The van der Waals surface area contributed by atoms with Crippen LogP contribution in [0.25, 0.3) is 0 Å². The van der Waals surface area contributed by atoms with E-state index in [1.165, 1.54) is 24.1 Å². The van der Waals surface area contributed by atoms with Gasteiger partial charge in [-0.05, 0) is 57.4 Å². The summed E-state index contributed by atoms with van der Waals surface area (Å²) in [6.45, 7) is 7.42. The van der Waals surface area contributed by atoms with Gasteiger partial charge in [0.05, 0.1) is 6.54 Å². The van der Waals surface area contributed by atoms with E-state index in [1.807, 2.05) is 15.7 Å². The summed E-state index contributed by atoms with van der Waals surface area (Å²) in [5, 5.41) is 8.41. The molecule has 1 unspecified atom stereocenters. The number of rotatable bonds is 6. The van der Waals surface area contributed by atoms with Crippen molar-refractivity contribution in [3.8, 4) is 0 Å². The van der Waals surface area contributed by atoms with Crippen LogP contribution in [0.3, 0.4) is 0 Å². The molecule has 1 aromatic rings. The summed E-state index contributed by atoms with van der Waals surface area (Å²) in [4.78, 5) is 14.9. The highest BCUT2D eigenvalue weighted by molar-refractivity contribution is 5.94. The Morgan fingerprint density at radius 1 is 1.29 bits per heavy atom. The van der Waals surface area contributed by atoms with E-state index in [-0.39, 0.29) is 5.91 Å². The number of aromatic nitrogens is 2. The monoisotopic (exact) mass is 328 g/mol. The summed E-state index contributed by atoms with van der Waals surface area (Å²) in [6.07, 6.45) is 9.94. The van der Waals surface area contributed by atoms with Crippen LogP contribution in [-0.2, 0) is 19.4 Å². The molecule has 4 rings (SSSR count). The first kappa shape index (κ1) is 15.9. The zero-order valence-electron chi connectivity index (χ0n) is 14.5. The van der Waals surface area contributed by atoms with Crippen molar-refractivity contribution in [1.29, 1.82) is 0 Å². The lowest BCUT2D eigenvalue weighted by Crippen LogP contribution is -2.37. The molecule has 1 amide bonds. The number of hydrogen-bond acceptors (Lipinski definition) is 3. The molecule has 0 radical (unpaired) electrons. The minimum absolute atomic E-state index is 0.134. The summed E-state index contributed by atoms with van der Waals surface area (Å²) in [6, 6.07) is 0.490. The van der Waals surface area contributed by atoms with Crippen LogP contribution in [0.15, 0.2) is 12.7 Å². The Balaban J connectivity index is 1.56. The summed E-state index contributed by atoms with van der Waals surface area (Å²) >= 11 is 0. The van der Waals surface area contributed by atoms with Crippen LogP contribution < -0.4 is 5.32 Å². The second kappa shape index (κ2) is 6.71. The van der Waals surface area contributed by atoms with Crippen LogP contribution in [0.1, 0.15) is 53.8 Å². The van der Waals surface area contributed by atoms with Crippen molar-refractivity contribution in [1.82, 2.24) is 20.0 Å². The average Bonchev–Trinajstić information content (AvgIpc) is 3.13. The number of allylic oxidation sites excluding steroid dienone is 1. The maximum Gasteiger partial charge on any atom is 0.274 e. The predicted molar refractivity (Wildman–Crippen MR) is 94.1 cm³/mol. The van der Waals surface area contributed by atoms with E-state index in [2.05, 4.69) is 11.9 Å². The van der Waals surface area contributed by atoms with Gasteiger partial charge in [0, 0.05) is 30.4 Å². The fraction of sp³-hybridized carbons (Fsp3) is 0.684. The minimum Gasteiger partial charge on any atom is -0.337 e. The SMILES string of the molecule is C=CCn1nc(C(=O)N2CCCC2)c2c1CCC(NCC1CC1)C2. The number of fused-ring (bicyclic) bond motifs is 1. The minimum atomic E-state index is 0.134. The molecule has 130 valence electrons. The number of likely N-dealkylation sites (tertiary alicyclic amines) is 1. The highest BCUT2D eigenvalue weighted by Gasteiger charge is 2.32. The van der Waals surface area contributed by atoms with Gasteiger partial charge in [-0.3, -0.25) is 9.48 Å². The molecule has 1 saturated carbocycles. The van der Waals surface area contributed by atoms with Gasteiger partial charge in [0.25, 0.3) is 5.91 Å². The molecule has 1 N–H and O–H groups in total. The topological polar surface area (TPSA) is 50.2 Å². The van der Waals surface area contributed by atoms with Crippen LogP contribution in [0.5, 0.6) is 0 Å². The standard InChI is InChI=1S/C19H28N4O/c1-2-9-23-17-8-7-15(20-13-14-5-6-14)12-16(17)18(21-23)19(24)22-10-3-4-11-22/h2,14-15,20H,1,3-13H2. The zero-order chi connectivity index (χ0) is 16.5. The number of amides is 1. The maximum atomic E-state index is 12.9. The summed E-state index contributed by atoms with van der Waals surface area (Å²) in [5.74, 6) is 1.02. The van der Waals surface area contributed by atoms with Gasteiger partial charge in [0.1, 0.15) is 0 Å². The average molecular weight is 328 g/mol. The third-order valence-electron chi connectivity index (χ3n) is 5.64. The summed E-state index contributed by atoms with van der Waals surface area (Å²) < 4.78 is 2.00. The van der Waals surface area contributed by atoms with E-state index < -0.39 is 0 Å². The van der Waals surface area contributed by atoms with Gasteiger partial charge < -0.3 is 10.2 Å². The van der Waals surface area contributed by atoms with Gasteiger partial charge in [0.2, 0.25) is 0 Å². The maximum absolute atomic E-state index is 12.9.